The van der Waals surface area contributed by atoms with Crippen LogP contribution in [0.1, 0.15) is 17.0 Å². The molecule has 4 nitrogen and oxygen atoms in total. The lowest BCUT2D eigenvalue weighted by Crippen LogP contribution is -2.11. The number of benzene rings is 1. The maximum absolute atomic E-state index is 12.7. The first-order valence-electron chi connectivity index (χ1n) is 5.44. The molecule has 114 valence electrons. The quantitative estimate of drug-likeness (QED) is 0.865. The van der Waals surface area contributed by atoms with Crippen LogP contribution < -0.4 is 5.73 Å². The molecule has 10 heteroatoms. The minimum absolute atomic E-state index is 0.0213. The van der Waals surface area contributed by atoms with Crippen molar-refractivity contribution in [2.24, 2.45) is 5.73 Å². The van der Waals surface area contributed by atoms with Crippen LogP contribution in [0.25, 0.3) is 11.4 Å². The van der Waals surface area contributed by atoms with E-state index in [1.807, 2.05) is 0 Å². The van der Waals surface area contributed by atoms with Crippen LogP contribution in [0.5, 0.6) is 0 Å². The third kappa shape index (κ3) is 3.32. The first-order chi connectivity index (χ1) is 9.61. The molecular formula is C11H7F6N3O. The molecule has 0 atom stereocenters. The fourth-order valence-electron chi connectivity index (χ4n) is 1.54. The van der Waals surface area contributed by atoms with E-state index in [1.165, 1.54) is 0 Å². The molecule has 0 spiro atoms. The lowest BCUT2D eigenvalue weighted by atomic mass is 10.0. The lowest BCUT2D eigenvalue weighted by molar-refractivity contribution is -0.143. The highest BCUT2D eigenvalue weighted by Crippen LogP contribution is 2.38. The number of nitrogens with zero attached hydrogens (tertiary/aromatic N) is 2. The van der Waals surface area contributed by atoms with E-state index in [-0.39, 0.29) is 18.5 Å². The summed E-state index contributed by atoms with van der Waals surface area (Å²) >= 11 is 0. The molecule has 2 N–H and O–H groups in total. The molecule has 2 aromatic rings. The van der Waals surface area contributed by atoms with Crippen molar-refractivity contribution < 1.29 is 30.9 Å². The number of nitrogens with two attached hydrogens (primary N) is 1. The summed E-state index contributed by atoms with van der Waals surface area (Å²) in [4.78, 5) is 3.61. The van der Waals surface area contributed by atoms with Gasteiger partial charge in [0.1, 0.15) is 0 Å². The highest BCUT2D eigenvalue weighted by Gasteiger charge is 2.37. The number of halogens is 6. The fourth-order valence-corrected chi connectivity index (χ4v) is 1.54. The molecule has 0 aliphatic heterocycles. The average molecular weight is 311 g/mol. The second kappa shape index (κ2) is 5.02. The smallest absolute Gasteiger partial charge is 0.338 e. The normalized spacial score (nSPS) is 12.7. The van der Waals surface area contributed by atoms with E-state index in [1.54, 1.807) is 0 Å². The van der Waals surface area contributed by atoms with Gasteiger partial charge in [-0.15, -0.1) is 0 Å². The van der Waals surface area contributed by atoms with Crippen LogP contribution in [0.4, 0.5) is 26.3 Å². The Morgan fingerprint density at radius 1 is 0.952 bits per heavy atom. The van der Waals surface area contributed by atoms with Gasteiger partial charge >= 0.3 is 12.4 Å². The maximum Gasteiger partial charge on any atom is 0.416 e. The molecule has 1 heterocycles. The van der Waals surface area contributed by atoms with Crippen molar-refractivity contribution in [2.45, 2.75) is 18.9 Å². The van der Waals surface area contributed by atoms with E-state index in [2.05, 4.69) is 14.7 Å². The van der Waals surface area contributed by atoms with Crippen molar-refractivity contribution in [1.29, 1.82) is 0 Å². The summed E-state index contributed by atoms with van der Waals surface area (Å²) in [6.07, 6.45) is -9.87. The molecule has 0 radical (unpaired) electrons. The van der Waals surface area contributed by atoms with E-state index in [4.69, 9.17) is 5.73 Å². The second-order valence-electron chi connectivity index (χ2n) is 4.01. The van der Waals surface area contributed by atoms with Gasteiger partial charge in [0.15, 0.2) is 0 Å². The molecule has 2 rings (SSSR count). The molecule has 0 amide bonds. The van der Waals surface area contributed by atoms with E-state index < -0.39 is 34.9 Å². The summed E-state index contributed by atoms with van der Waals surface area (Å²) in [5.74, 6) is -0.497. The largest absolute Gasteiger partial charge is 0.416 e. The Morgan fingerprint density at radius 2 is 1.48 bits per heavy atom. The van der Waals surface area contributed by atoms with Crippen LogP contribution in [0, 0.1) is 0 Å². The molecule has 1 aromatic heterocycles. The Morgan fingerprint density at radius 3 is 1.86 bits per heavy atom. The Labute approximate surface area is 113 Å². The van der Waals surface area contributed by atoms with Crippen molar-refractivity contribution in [1.82, 2.24) is 10.1 Å². The highest BCUT2D eigenvalue weighted by molar-refractivity contribution is 5.58. The zero-order chi connectivity index (χ0) is 15.8. The van der Waals surface area contributed by atoms with E-state index >= 15 is 0 Å². The van der Waals surface area contributed by atoms with Gasteiger partial charge in [0.2, 0.25) is 11.7 Å². The minimum Gasteiger partial charge on any atom is -0.338 e. The summed E-state index contributed by atoms with van der Waals surface area (Å²) in [6, 6.07) is 1.05. The van der Waals surface area contributed by atoms with Gasteiger partial charge in [0.05, 0.1) is 17.7 Å². The topological polar surface area (TPSA) is 64.9 Å². The number of aromatic nitrogens is 2. The predicted molar refractivity (Wildman–Crippen MR) is 57.6 cm³/mol. The molecule has 0 bridgehead atoms. The second-order valence-corrected chi connectivity index (χ2v) is 4.01. The molecule has 0 saturated heterocycles. The van der Waals surface area contributed by atoms with E-state index in [9.17, 15) is 26.3 Å². The summed E-state index contributed by atoms with van der Waals surface area (Å²) < 4.78 is 80.6. The Kier molecular flexibility index (Phi) is 3.66. The van der Waals surface area contributed by atoms with E-state index in [0.29, 0.717) is 12.1 Å². The average Bonchev–Trinajstić information content (AvgIpc) is 2.85. The van der Waals surface area contributed by atoms with Crippen LogP contribution in [0.3, 0.4) is 0 Å². The van der Waals surface area contributed by atoms with Gasteiger partial charge in [-0.1, -0.05) is 5.16 Å². The molecule has 0 aliphatic rings. The molecule has 21 heavy (non-hydrogen) atoms. The Bertz CT molecular complexity index is 614. The van der Waals surface area contributed by atoms with Crippen LogP contribution >= 0.6 is 0 Å². The summed E-state index contributed by atoms with van der Waals surface area (Å²) in [6.45, 7) is -0.182. The molecule has 0 fully saturated rings. The van der Waals surface area contributed by atoms with Crippen molar-refractivity contribution in [3.63, 3.8) is 0 Å². The Balaban J connectivity index is 2.60. The highest BCUT2D eigenvalue weighted by atomic mass is 19.4. The SMILES string of the molecule is NCc1nc(-c2cc(C(F)(F)F)cc(C(F)(F)F)c2)no1. The van der Waals surface area contributed by atoms with Crippen LogP contribution in [0.15, 0.2) is 22.7 Å². The van der Waals surface area contributed by atoms with Gasteiger partial charge in [-0.25, -0.2) is 0 Å². The molecule has 0 unspecified atom stereocenters. The Hall–Kier alpha value is -2.10. The van der Waals surface area contributed by atoms with Crippen molar-refractivity contribution in [3.8, 4) is 11.4 Å². The first kappa shape index (κ1) is 15.3. The van der Waals surface area contributed by atoms with E-state index in [0.717, 1.165) is 0 Å². The van der Waals surface area contributed by atoms with Gasteiger partial charge in [-0.3, -0.25) is 0 Å². The molecular weight excluding hydrogens is 304 g/mol. The van der Waals surface area contributed by atoms with Gasteiger partial charge in [0.25, 0.3) is 0 Å². The number of rotatable bonds is 2. The summed E-state index contributed by atoms with van der Waals surface area (Å²) in [7, 11) is 0. The van der Waals surface area contributed by atoms with Gasteiger partial charge < -0.3 is 10.3 Å². The van der Waals surface area contributed by atoms with Gasteiger partial charge in [0, 0.05) is 5.56 Å². The zero-order valence-electron chi connectivity index (χ0n) is 10.1. The molecule has 0 saturated carbocycles. The maximum atomic E-state index is 12.7. The van der Waals surface area contributed by atoms with Gasteiger partial charge in [-0.2, -0.15) is 31.3 Å². The zero-order valence-corrected chi connectivity index (χ0v) is 10.1. The summed E-state index contributed by atoms with van der Waals surface area (Å²) in [5.41, 5.74) is 1.82. The third-order valence-corrected chi connectivity index (χ3v) is 2.49. The summed E-state index contributed by atoms with van der Waals surface area (Å²) in [5, 5.41) is 3.30. The van der Waals surface area contributed by atoms with Crippen molar-refractivity contribution in [2.75, 3.05) is 0 Å². The number of hydrogen-bond acceptors (Lipinski definition) is 4. The molecule has 0 aliphatic carbocycles. The first-order valence-corrected chi connectivity index (χ1v) is 5.44. The van der Waals surface area contributed by atoms with Crippen LogP contribution in [-0.2, 0) is 18.9 Å². The van der Waals surface area contributed by atoms with Gasteiger partial charge in [-0.05, 0) is 18.2 Å². The number of alkyl halides is 6. The predicted octanol–water partition coefficient (Wildman–Crippen LogP) is 3.23. The standard InChI is InChI=1S/C11H7F6N3O/c12-10(13,14)6-1-5(2-7(3-6)11(15,16)17)9-19-8(4-18)21-20-9/h1-3H,4,18H2. The fraction of sp³-hybridized carbons (Fsp3) is 0.273. The van der Waals surface area contributed by atoms with Crippen molar-refractivity contribution >= 4 is 0 Å². The van der Waals surface area contributed by atoms with Crippen LogP contribution in [-0.4, -0.2) is 10.1 Å². The molecule has 1 aromatic carbocycles. The lowest BCUT2D eigenvalue weighted by Gasteiger charge is -2.12. The van der Waals surface area contributed by atoms with Crippen LogP contribution in [0.2, 0.25) is 0 Å². The number of hydrogen-bond donors (Lipinski definition) is 1. The minimum atomic E-state index is -4.93. The third-order valence-electron chi connectivity index (χ3n) is 2.49. The monoisotopic (exact) mass is 311 g/mol. The van der Waals surface area contributed by atoms with Crippen molar-refractivity contribution in [3.05, 3.63) is 35.2 Å².